The highest BCUT2D eigenvalue weighted by Gasteiger charge is 2.44. The van der Waals surface area contributed by atoms with Crippen LogP contribution in [-0.2, 0) is 32.6 Å². The highest BCUT2D eigenvalue weighted by atomic mass is 35.5. The number of aromatic nitrogens is 3. The van der Waals surface area contributed by atoms with Gasteiger partial charge in [-0.2, -0.15) is 0 Å². The fourth-order valence-corrected chi connectivity index (χ4v) is 6.43. The minimum Gasteiger partial charge on any atom is -0.471 e. The van der Waals surface area contributed by atoms with Gasteiger partial charge in [0.05, 0.1) is 15.5 Å². The Bertz CT molecular complexity index is 1810. The number of hydrogen-bond donors (Lipinski definition) is 0. The van der Waals surface area contributed by atoms with Crippen molar-refractivity contribution in [2.24, 2.45) is 5.41 Å². The van der Waals surface area contributed by atoms with Crippen LogP contribution in [0, 0.1) is 5.41 Å². The lowest BCUT2D eigenvalue weighted by Crippen LogP contribution is -2.41. The molecule has 10 heteroatoms. The lowest BCUT2D eigenvalue weighted by atomic mass is 9.77. The Balaban J connectivity index is 1.49. The first-order chi connectivity index (χ1) is 23.1. The van der Waals surface area contributed by atoms with Crippen molar-refractivity contribution in [2.45, 2.75) is 51.7 Å². The fourth-order valence-electron chi connectivity index (χ4n) is 6.06. The van der Waals surface area contributed by atoms with Gasteiger partial charge in [-0.05, 0) is 73.6 Å². The van der Waals surface area contributed by atoms with E-state index in [9.17, 15) is 9.59 Å². The molecule has 8 nitrogen and oxygen atoms in total. The second-order valence-corrected chi connectivity index (χ2v) is 13.5. The number of carbonyl (C=O) groups is 2. The molecular formula is C38H35Cl2N3O5. The summed E-state index contributed by atoms with van der Waals surface area (Å²) < 4.78 is 19.0. The zero-order valence-corrected chi connectivity index (χ0v) is 28.4. The van der Waals surface area contributed by atoms with Crippen LogP contribution in [0.4, 0.5) is 0 Å². The fraction of sp³-hybridized carbons (Fsp3) is 0.263. The Hall–Kier alpha value is -4.66. The second-order valence-electron chi connectivity index (χ2n) is 12.7. The van der Waals surface area contributed by atoms with E-state index >= 15 is 0 Å². The van der Waals surface area contributed by atoms with Crippen LogP contribution in [0.3, 0.4) is 0 Å². The van der Waals surface area contributed by atoms with Crippen molar-refractivity contribution in [3.8, 4) is 5.88 Å². The average molecular weight is 685 g/mol. The van der Waals surface area contributed by atoms with E-state index in [0.29, 0.717) is 29.3 Å². The zero-order valence-electron chi connectivity index (χ0n) is 26.9. The van der Waals surface area contributed by atoms with Crippen molar-refractivity contribution < 1.29 is 23.8 Å². The number of nitrogens with zero attached hydrogens (tertiary/aromatic N) is 3. The van der Waals surface area contributed by atoms with E-state index in [1.165, 1.54) is 0 Å². The van der Waals surface area contributed by atoms with Crippen LogP contribution in [0.1, 0.15) is 65.5 Å². The summed E-state index contributed by atoms with van der Waals surface area (Å²) in [6.07, 6.45) is 1.54. The Morgan fingerprint density at radius 1 is 0.792 bits per heavy atom. The topological polar surface area (TPSA) is 92.5 Å². The normalized spacial score (nSPS) is 14.6. The van der Waals surface area contributed by atoms with Gasteiger partial charge in [0.2, 0.25) is 12.5 Å². The van der Waals surface area contributed by atoms with Crippen molar-refractivity contribution in [1.82, 2.24) is 15.0 Å². The molecule has 0 radical (unpaired) electrons. The molecule has 1 aliphatic carbocycles. The van der Waals surface area contributed by atoms with Crippen LogP contribution in [0.15, 0.2) is 103 Å². The minimum absolute atomic E-state index is 0.00262. The number of carbonyl (C=O) groups excluding carboxylic acids is 2. The van der Waals surface area contributed by atoms with Crippen LogP contribution >= 0.6 is 23.2 Å². The molecule has 0 saturated heterocycles. The zero-order chi connectivity index (χ0) is 33.9. The molecule has 48 heavy (non-hydrogen) atoms. The molecule has 0 N–H and O–H groups in total. The molecule has 0 saturated carbocycles. The Morgan fingerprint density at radius 3 is 1.83 bits per heavy atom. The van der Waals surface area contributed by atoms with E-state index < -0.39 is 29.7 Å². The molecular weight excluding hydrogens is 649 g/mol. The van der Waals surface area contributed by atoms with Gasteiger partial charge in [0.15, 0.2) is 0 Å². The van der Waals surface area contributed by atoms with Gasteiger partial charge in [0.1, 0.15) is 11.6 Å². The number of esters is 2. The SMILES string of the molecule is CC(C)(C)C(=O)OCOC(=O)c1c(OC2CCc3cc(Cl)c(Cl)cc3C2)nnn1C(c1ccccc1)(c1ccccc1)c1ccccc1. The summed E-state index contributed by atoms with van der Waals surface area (Å²) in [6.45, 7) is 4.57. The van der Waals surface area contributed by atoms with E-state index in [1.807, 2.05) is 103 Å². The van der Waals surface area contributed by atoms with Crippen molar-refractivity contribution in [3.05, 3.63) is 147 Å². The maximum Gasteiger partial charge on any atom is 0.365 e. The van der Waals surface area contributed by atoms with Gasteiger partial charge in [-0.1, -0.05) is 125 Å². The molecule has 0 amide bonds. The van der Waals surface area contributed by atoms with Crippen molar-refractivity contribution in [3.63, 3.8) is 0 Å². The third-order valence-electron chi connectivity index (χ3n) is 8.42. The monoisotopic (exact) mass is 683 g/mol. The largest absolute Gasteiger partial charge is 0.471 e. The van der Waals surface area contributed by atoms with Gasteiger partial charge in [-0.25, -0.2) is 9.48 Å². The summed E-state index contributed by atoms with van der Waals surface area (Å²) in [7, 11) is 0. The number of aryl methyl sites for hydroxylation is 1. The predicted molar refractivity (Wildman–Crippen MR) is 183 cm³/mol. The van der Waals surface area contributed by atoms with E-state index in [-0.39, 0.29) is 17.7 Å². The van der Waals surface area contributed by atoms with Gasteiger partial charge in [-0.3, -0.25) is 4.79 Å². The third-order valence-corrected chi connectivity index (χ3v) is 9.14. The minimum atomic E-state index is -1.18. The maximum absolute atomic E-state index is 14.2. The summed E-state index contributed by atoms with van der Waals surface area (Å²) in [4.78, 5) is 26.7. The van der Waals surface area contributed by atoms with Crippen LogP contribution in [0.25, 0.3) is 0 Å². The van der Waals surface area contributed by atoms with Gasteiger partial charge in [0.25, 0.3) is 5.88 Å². The molecule has 1 aliphatic rings. The molecule has 5 aromatic rings. The molecule has 0 aliphatic heterocycles. The van der Waals surface area contributed by atoms with Crippen molar-refractivity contribution in [1.29, 1.82) is 0 Å². The van der Waals surface area contributed by atoms with E-state index in [0.717, 1.165) is 27.8 Å². The Morgan fingerprint density at radius 2 is 1.31 bits per heavy atom. The van der Waals surface area contributed by atoms with Gasteiger partial charge >= 0.3 is 11.9 Å². The number of ether oxygens (including phenoxy) is 3. The smallest absolute Gasteiger partial charge is 0.365 e. The molecule has 4 aromatic carbocycles. The number of hydrogen-bond acceptors (Lipinski definition) is 7. The number of rotatable bonds is 9. The van der Waals surface area contributed by atoms with E-state index in [4.69, 9.17) is 37.4 Å². The molecule has 1 aromatic heterocycles. The summed E-state index contributed by atoms with van der Waals surface area (Å²) in [5, 5.41) is 10.1. The third kappa shape index (κ3) is 6.55. The first-order valence-electron chi connectivity index (χ1n) is 15.7. The summed E-state index contributed by atoms with van der Waals surface area (Å²) >= 11 is 12.6. The molecule has 246 valence electrons. The Kier molecular flexibility index (Phi) is 9.58. The standard InChI is InChI=1S/C38H35Cl2N3O5/c1-37(2,3)36(45)47-24-46-35(44)33-34(48-30-20-19-25-22-31(39)32(40)23-26(25)21-30)41-42-43(33)38(27-13-7-4-8-14-27,28-15-9-5-10-16-28)29-17-11-6-12-18-29/h4-18,22-23,30H,19-21,24H2,1-3H3. The first kappa shape index (κ1) is 33.2. The molecule has 0 spiro atoms. The maximum atomic E-state index is 14.2. The van der Waals surface area contributed by atoms with Crippen molar-refractivity contribution >= 4 is 35.1 Å². The highest BCUT2D eigenvalue weighted by molar-refractivity contribution is 6.42. The molecule has 1 heterocycles. The van der Waals surface area contributed by atoms with E-state index in [2.05, 4.69) is 10.3 Å². The first-order valence-corrected chi connectivity index (χ1v) is 16.4. The van der Waals surface area contributed by atoms with Crippen LogP contribution in [-0.4, -0.2) is 39.8 Å². The molecule has 6 rings (SSSR count). The Labute approximate surface area is 289 Å². The number of halogens is 2. The van der Waals surface area contributed by atoms with Gasteiger partial charge < -0.3 is 14.2 Å². The average Bonchev–Trinajstić information content (AvgIpc) is 3.50. The highest BCUT2D eigenvalue weighted by Crippen LogP contribution is 2.43. The molecule has 0 bridgehead atoms. The quantitative estimate of drug-likeness (QED) is 0.0881. The van der Waals surface area contributed by atoms with Crippen LogP contribution in [0.5, 0.6) is 5.88 Å². The lowest BCUT2D eigenvalue weighted by Gasteiger charge is -2.36. The van der Waals surface area contributed by atoms with Crippen LogP contribution < -0.4 is 4.74 Å². The number of fused-ring (bicyclic) bond motifs is 1. The van der Waals surface area contributed by atoms with Crippen LogP contribution in [0.2, 0.25) is 10.0 Å². The number of benzene rings is 4. The second kappa shape index (κ2) is 13.8. The molecule has 0 fully saturated rings. The molecule has 1 atom stereocenters. The summed E-state index contributed by atoms with van der Waals surface area (Å²) in [5.74, 6) is -1.32. The summed E-state index contributed by atoms with van der Waals surface area (Å²) in [5.41, 5.74) is 2.59. The predicted octanol–water partition coefficient (Wildman–Crippen LogP) is 8.07. The van der Waals surface area contributed by atoms with Crippen molar-refractivity contribution in [2.75, 3.05) is 6.79 Å². The summed E-state index contributed by atoms with van der Waals surface area (Å²) in [6, 6.07) is 33.0. The lowest BCUT2D eigenvalue weighted by molar-refractivity contribution is -0.161. The molecule has 1 unspecified atom stereocenters. The van der Waals surface area contributed by atoms with Gasteiger partial charge in [-0.15, -0.1) is 0 Å². The van der Waals surface area contributed by atoms with Gasteiger partial charge in [0, 0.05) is 6.42 Å². The van der Waals surface area contributed by atoms with E-state index in [1.54, 1.807) is 25.5 Å².